The second-order valence-electron chi connectivity index (χ2n) is 6.86. The highest BCUT2D eigenvalue weighted by Crippen LogP contribution is 2.30. The van der Waals surface area contributed by atoms with E-state index in [4.69, 9.17) is 4.74 Å². The molecule has 1 aliphatic heterocycles. The molecule has 1 fully saturated rings. The number of ether oxygens (including phenoxy) is 1. The third-order valence-corrected chi connectivity index (χ3v) is 4.91. The van der Waals surface area contributed by atoms with Gasteiger partial charge in [-0.25, -0.2) is 0 Å². The Morgan fingerprint density at radius 1 is 1.32 bits per heavy atom. The summed E-state index contributed by atoms with van der Waals surface area (Å²) >= 11 is 0. The Bertz CT molecular complexity index is 585. The summed E-state index contributed by atoms with van der Waals surface area (Å²) in [5, 5.41) is 2.97. The third kappa shape index (κ3) is 5.05. The molecule has 2 rings (SSSR count). The quantitative estimate of drug-likeness (QED) is 0.699. The zero-order chi connectivity index (χ0) is 18.3. The minimum atomic E-state index is -0.743. The van der Waals surface area contributed by atoms with Gasteiger partial charge in [0.1, 0.15) is 5.54 Å². The molecule has 138 valence electrons. The molecule has 1 atom stereocenters. The van der Waals surface area contributed by atoms with Gasteiger partial charge in [-0.2, -0.15) is 0 Å². The van der Waals surface area contributed by atoms with Crippen molar-refractivity contribution in [3.63, 3.8) is 0 Å². The van der Waals surface area contributed by atoms with Crippen molar-refractivity contribution < 1.29 is 14.3 Å². The van der Waals surface area contributed by atoms with E-state index in [1.807, 2.05) is 13.8 Å². The normalized spacial score (nSPS) is 20.1. The maximum atomic E-state index is 12.7. The summed E-state index contributed by atoms with van der Waals surface area (Å²) in [6, 6.07) is 8.32. The summed E-state index contributed by atoms with van der Waals surface area (Å²) in [4.78, 5) is 26.7. The number of likely N-dealkylation sites (tertiary alicyclic amines) is 1. The van der Waals surface area contributed by atoms with Gasteiger partial charge in [-0.1, -0.05) is 29.8 Å². The van der Waals surface area contributed by atoms with E-state index in [1.54, 1.807) is 4.90 Å². The van der Waals surface area contributed by atoms with E-state index < -0.39 is 5.54 Å². The molecule has 0 aromatic heterocycles. The largest absolute Gasteiger partial charge is 0.382 e. The summed E-state index contributed by atoms with van der Waals surface area (Å²) < 4.78 is 5.28. The fourth-order valence-electron chi connectivity index (χ4n) is 3.21. The Kier molecular flexibility index (Phi) is 7.00. The molecule has 0 saturated carbocycles. The van der Waals surface area contributed by atoms with Crippen molar-refractivity contribution in [3.05, 3.63) is 35.4 Å². The van der Waals surface area contributed by atoms with Crippen molar-refractivity contribution >= 4 is 11.8 Å². The highest BCUT2D eigenvalue weighted by atomic mass is 16.5. The Hall–Kier alpha value is -1.88. The first-order valence-corrected chi connectivity index (χ1v) is 9.19. The van der Waals surface area contributed by atoms with Crippen LogP contribution in [0.25, 0.3) is 0 Å². The number of rotatable bonds is 9. The van der Waals surface area contributed by atoms with Crippen LogP contribution in [0.1, 0.15) is 44.2 Å². The Labute approximate surface area is 150 Å². The molecule has 5 heteroatoms. The van der Waals surface area contributed by atoms with Crippen LogP contribution in [0.5, 0.6) is 0 Å². The molecule has 1 aromatic rings. The number of nitrogens with one attached hydrogen (secondary N) is 1. The van der Waals surface area contributed by atoms with E-state index in [-0.39, 0.29) is 11.8 Å². The number of carbonyl (C=O) groups is 2. The Morgan fingerprint density at radius 3 is 2.72 bits per heavy atom. The summed E-state index contributed by atoms with van der Waals surface area (Å²) in [5.74, 6) is 0.0119. The zero-order valence-corrected chi connectivity index (χ0v) is 15.6. The third-order valence-electron chi connectivity index (χ3n) is 4.91. The van der Waals surface area contributed by atoms with Crippen LogP contribution in [-0.4, -0.2) is 48.6 Å². The lowest BCUT2D eigenvalue weighted by Crippen LogP contribution is -2.55. The molecule has 0 unspecified atom stereocenters. The van der Waals surface area contributed by atoms with Crippen LogP contribution in [-0.2, 0) is 20.7 Å². The average molecular weight is 346 g/mol. The van der Waals surface area contributed by atoms with Gasteiger partial charge in [0.25, 0.3) is 0 Å². The lowest BCUT2D eigenvalue weighted by Gasteiger charge is -2.34. The van der Waals surface area contributed by atoms with Crippen LogP contribution >= 0.6 is 0 Å². The highest BCUT2D eigenvalue weighted by Gasteiger charge is 2.46. The van der Waals surface area contributed by atoms with Crippen LogP contribution in [0.15, 0.2) is 24.3 Å². The summed E-state index contributed by atoms with van der Waals surface area (Å²) in [6.07, 6.45) is 2.57. The molecule has 1 N–H and O–H groups in total. The molecule has 0 radical (unpaired) electrons. The van der Waals surface area contributed by atoms with E-state index in [1.165, 1.54) is 11.1 Å². The first-order chi connectivity index (χ1) is 12.0. The van der Waals surface area contributed by atoms with Crippen molar-refractivity contribution in [1.29, 1.82) is 0 Å². The molecular formula is C20H30N2O3. The summed E-state index contributed by atoms with van der Waals surface area (Å²) in [7, 11) is 0. The predicted octanol–water partition coefficient (Wildman–Crippen LogP) is 2.46. The monoisotopic (exact) mass is 346 g/mol. The maximum absolute atomic E-state index is 12.7. The second kappa shape index (κ2) is 8.99. The Morgan fingerprint density at radius 2 is 2.04 bits per heavy atom. The van der Waals surface area contributed by atoms with Crippen molar-refractivity contribution in [1.82, 2.24) is 10.2 Å². The summed E-state index contributed by atoms with van der Waals surface area (Å²) in [6.45, 7) is 8.37. The topological polar surface area (TPSA) is 58.6 Å². The molecule has 5 nitrogen and oxygen atoms in total. The number of hydrogen-bond donors (Lipinski definition) is 1. The van der Waals surface area contributed by atoms with Gasteiger partial charge < -0.3 is 15.0 Å². The van der Waals surface area contributed by atoms with Crippen molar-refractivity contribution in [2.75, 3.05) is 26.3 Å². The lowest BCUT2D eigenvalue weighted by molar-refractivity contribution is -0.140. The average Bonchev–Trinajstić information content (AvgIpc) is 2.90. The predicted molar refractivity (Wildman–Crippen MR) is 98.4 cm³/mol. The maximum Gasteiger partial charge on any atom is 0.245 e. The van der Waals surface area contributed by atoms with Gasteiger partial charge in [-0.05, 0) is 45.6 Å². The highest BCUT2D eigenvalue weighted by molar-refractivity contribution is 5.94. The van der Waals surface area contributed by atoms with Gasteiger partial charge in [-0.15, -0.1) is 0 Å². The fraction of sp³-hybridized carbons (Fsp3) is 0.600. The molecule has 2 amide bonds. The van der Waals surface area contributed by atoms with Gasteiger partial charge in [-0.3, -0.25) is 9.59 Å². The standard InChI is InChI=1S/C20H30N2O3/c1-4-25-15-5-13-21-19(24)20(3)12-10-18(23)22(20)14-11-17-8-6-16(2)7-9-17/h6-9H,4-5,10-15H2,1-3H3,(H,21,24)/t20-/m1/s1. The molecule has 1 aromatic carbocycles. The Balaban J connectivity index is 1.91. The van der Waals surface area contributed by atoms with Crippen LogP contribution < -0.4 is 5.32 Å². The molecule has 1 heterocycles. The SMILES string of the molecule is CCOCCCNC(=O)[C@@]1(C)CCC(=O)N1CCc1ccc(C)cc1. The van der Waals surface area contributed by atoms with Gasteiger partial charge in [0.05, 0.1) is 0 Å². The second-order valence-corrected chi connectivity index (χ2v) is 6.86. The first-order valence-electron chi connectivity index (χ1n) is 9.19. The molecule has 25 heavy (non-hydrogen) atoms. The van der Waals surface area contributed by atoms with Crippen LogP contribution in [0, 0.1) is 6.92 Å². The first kappa shape index (κ1) is 19.4. The molecule has 1 saturated heterocycles. The minimum absolute atomic E-state index is 0.0567. The fourth-order valence-corrected chi connectivity index (χ4v) is 3.21. The van der Waals surface area contributed by atoms with Crippen molar-refractivity contribution in [2.24, 2.45) is 0 Å². The van der Waals surface area contributed by atoms with Crippen LogP contribution in [0.2, 0.25) is 0 Å². The van der Waals surface area contributed by atoms with E-state index in [2.05, 4.69) is 36.5 Å². The van der Waals surface area contributed by atoms with Crippen molar-refractivity contribution in [3.8, 4) is 0 Å². The van der Waals surface area contributed by atoms with Gasteiger partial charge in [0, 0.05) is 32.7 Å². The molecule has 1 aliphatic rings. The summed E-state index contributed by atoms with van der Waals surface area (Å²) in [5.41, 5.74) is 1.66. The van der Waals surface area contributed by atoms with E-state index in [0.29, 0.717) is 39.1 Å². The van der Waals surface area contributed by atoms with Gasteiger partial charge in [0.15, 0.2) is 0 Å². The number of amides is 2. The smallest absolute Gasteiger partial charge is 0.245 e. The van der Waals surface area contributed by atoms with E-state index in [0.717, 1.165) is 12.8 Å². The molecule has 0 aliphatic carbocycles. The lowest BCUT2D eigenvalue weighted by atomic mass is 9.97. The molecule has 0 bridgehead atoms. The number of benzene rings is 1. The van der Waals surface area contributed by atoms with E-state index in [9.17, 15) is 9.59 Å². The number of hydrogen-bond acceptors (Lipinski definition) is 3. The molecular weight excluding hydrogens is 316 g/mol. The van der Waals surface area contributed by atoms with Crippen LogP contribution in [0.4, 0.5) is 0 Å². The number of aryl methyl sites for hydroxylation is 1. The van der Waals surface area contributed by atoms with E-state index >= 15 is 0 Å². The molecule has 0 spiro atoms. The van der Waals surface area contributed by atoms with Crippen molar-refractivity contribution in [2.45, 2.75) is 52.0 Å². The minimum Gasteiger partial charge on any atom is -0.382 e. The van der Waals surface area contributed by atoms with Gasteiger partial charge in [0.2, 0.25) is 11.8 Å². The van der Waals surface area contributed by atoms with Gasteiger partial charge >= 0.3 is 0 Å². The number of carbonyl (C=O) groups excluding carboxylic acids is 2. The van der Waals surface area contributed by atoms with Crippen LogP contribution in [0.3, 0.4) is 0 Å². The number of nitrogens with zero attached hydrogens (tertiary/aromatic N) is 1. The zero-order valence-electron chi connectivity index (χ0n) is 15.6.